The number of rotatable bonds is 4. The number of hydrogen-bond donors (Lipinski definition) is 3. The van der Waals surface area contributed by atoms with Crippen LogP contribution in [0.3, 0.4) is 0 Å². The summed E-state index contributed by atoms with van der Waals surface area (Å²) >= 11 is 0. The Balaban J connectivity index is 2.05. The monoisotopic (exact) mass is 319 g/mol. The highest BCUT2D eigenvalue weighted by atomic mass is 16.3. The highest BCUT2D eigenvalue weighted by Gasteiger charge is 2.40. The molecule has 1 unspecified atom stereocenters. The molecule has 0 heterocycles. The number of anilines is 1. The second-order valence-corrected chi connectivity index (χ2v) is 5.44. The van der Waals surface area contributed by atoms with Gasteiger partial charge in [0.2, 0.25) is 0 Å². The summed E-state index contributed by atoms with van der Waals surface area (Å²) in [4.78, 5) is 12.9. The van der Waals surface area contributed by atoms with Crippen molar-refractivity contribution in [3.63, 3.8) is 0 Å². The molecule has 1 atom stereocenters. The zero-order valence-electron chi connectivity index (χ0n) is 12.9. The van der Waals surface area contributed by atoms with E-state index >= 15 is 0 Å². The number of phenolic OH excluding ortho intramolecular Hbond substituents is 1. The van der Waals surface area contributed by atoms with E-state index in [1.807, 2.05) is 12.1 Å². The highest BCUT2D eigenvalue weighted by molar-refractivity contribution is 6.00. The molecular weight excluding hydrogens is 302 g/mol. The van der Waals surface area contributed by atoms with E-state index < -0.39 is 11.5 Å². The third-order valence-corrected chi connectivity index (χ3v) is 3.84. The van der Waals surface area contributed by atoms with Crippen LogP contribution in [0.5, 0.6) is 5.75 Å². The first-order valence-corrected chi connectivity index (χ1v) is 7.54. The van der Waals surface area contributed by atoms with Crippen molar-refractivity contribution in [1.29, 1.82) is 0 Å². The summed E-state index contributed by atoms with van der Waals surface area (Å²) in [5.41, 5.74) is -0.454. The Morgan fingerprint density at radius 2 is 1.25 bits per heavy atom. The Morgan fingerprint density at radius 1 is 0.750 bits per heavy atom. The number of hydrogen-bond acceptors (Lipinski definition) is 3. The topological polar surface area (TPSA) is 69.6 Å². The number of phenols is 1. The molecular formula is C20H17NO3. The van der Waals surface area contributed by atoms with Crippen LogP contribution < -0.4 is 5.32 Å². The Labute approximate surface area is 140 Å². The molecule has 4 heteroatoms. The Hall–Kier alpha value is -3.11. The van der Waals surface area contributed by atoms with Crippen LogP contribution in [-0.2, 0) is 10.4 Å². The molecule has 0 aliphatic carbocycles. The fourth-order valence-electron chi connectivity index (χ4n) is 2.55. The maximum absolute atomic E-state index is 12.9. The van der Waals surface area contributed by atoms with Gasteiger partial charge < -0.3 is 15.5 Å². The molecule has 24 heavy (non-hydrogen) atoms. The van der Waals surface area contributed by atoms with Gasteiger partial charge in [0, 0.05) is 5.69 Å². The molecule has 0 aromatic heterocycles. The van der Waals surface area contributed by atoms with Crippen LogP contribution in [-0.4, -0.2) is 16.1 Å². The molecule has 3 rings (SSSR count). The summed E-state index contributed by atoms with van der Waals surface area (Å²) in [5, 5.41) is 23.5. The number of aromatic hydroxyl groups is 1. The number of amides is 1. The lowest BCUT2D eigenvalue weighted by Crippen LogP contribution is -2.41. The molecule has 4 nitrogen and oxygen atoms in total. The smallest absolute Gasteiger partial charge is 0.265 e. The van der Waals surface area contributed by atoms with Gasteiger partial charge in [-0.05, 0) is 35.4 Å². The van der Waals surface area contributed by atoms with E-state index in [1.54, 1.807) is 48.5 Å². The van der Waals surface area contributed by atoms with Crippen molar-refractivity contribution in [3.8, 4) is 5.75 Å². The van der Waals surface area contributed by atoms with Crippen molar-refractivity contribution in [2.75, 3.05) is 5.32 Å². The first kappa shape index (κ1) is 15.8. The van der Waals surface area contributed by atoms with Crippen molar-refractivity contribution < 1.29 is 15.0 Å². The van der Waals surface area contributed by atoms with Crippen molar-refractivity contribution in [1.82, 2.24) is 0 Å². The van der Waals surface area contributed by atoms with Gasteiger partial charge in [-0.2, -0.15) is 0 Å². The highest BCUT2D eigenvalue weighted by Crippen LogP contribution is 2.32. The van der Waals surface area contributed by atoms with E-state index in [4.69, 9.17) is 0 Å². The van der Waals surface area contributed by atoms with Gasteiger partial charge in [0.1, 0.15) is 5.75 Å². The first-order chi connectivity index (χ1) is 11.6. The minimum Gasteiger partial charge on any atom is -0.508 e. The van der Waals surface area contributed by atoms with Crippen LogP contribution in [0, 0.1) is 0 Å². The molecule has 0 fully saturated rings. The lowest BCUT2D eigenvalue weighted by molar-refractivity contribution is -0.131. The SMILES string of the molecule is O=C(Nc1ccccc1)C(O)(c1ccccc1)c1ccc(O)cc1. The number of carbonyl (C=O) groups excluding carboxylic acids is 1. The van der Waals surface area contributed by atoms with Gasteiger partial charge in [-0.15, -0.1) is 0 Å². The normalized spacial score (nSPS) is 13.0. The van der Waals surface area contributed by atoms with Gasteiger partial charge in [-0.25, -0.2) is 0 Å². The van der Waals surface area contributed by atoms with E-state index in [-0.39, 0.29) is 5.75 Å². The summed E-state index contributed by atoms with van der Waals surface area (Å²) in [6, 6.07) is 23.6. The third-order valence-electron chi connectivity index (χ3n) is 3.84. The number of carbonyl (C=O) groups is 1. The van der Waals surface area contributed by atoms with Crippen LogP contribution in [0.4, 0.5) is 5.69 Å². The summed E-state index contributed by atoms with van der Waals surface area (Å²) < 4.78 is 0. The van der Waals surface area contributed by atoms with E-state index in [9.17, 15) is 15.0 Å². The zero-order chi connectivity index (χ0) is 17.0. The molecule has 0 aliphatic rings. The van der Waals surface area contributed by atoms with Crippen molar-refractivity contribution >= 4 is 11.6 Å². The Bertz CT molecular complexity index is 817. The third kappa shape index (κ3) is 3.00. The van der Waals surface area contributed by atoms with Gasteiger partial charge >= 0.3 is 0 Å². The Kier molecular flexibility index (Phi) is 4.31. The fraction of sp³-hybridized carbons (Fsp3) is 0.0500. The van der Waals surface area contributed by atoms with E-state index in [0.29, 0.717) is 16.8 Å². The minimum atomic E-state index is -1.87. The quantitative estimate of drug-likeness (QED) is 0.691. The number of nitrogens with one attached hydrogen (secondary N) is 1. The van der Waals surface area contributed by atoms with Crippen LogP contribution >= 0.6 is 0 Å². The Morgan fingerprint density at radius 3 is 1.83 bits per heavy atom. The second kappa shape index (κ2) is 6.56. The average Bonchev–Trinajstić information content (AvgIpc) is 2.63. The first-order valence-electron chi connectivity index (χ1n) is 7.54. The molecule has 3 N–H and O–H groups in total. The van der Waals surface area contributed by atoms with Crippen LogP contribution in [0.1, 0.15) is 11.1 Å². The minimum absolute atomic E-state index is 0.0672. The predicted octanol–water partition coefficient (Wildman–Crippen LogP) is 3.27. The second-order valence-electron chi connectivity index (χ2n) is 5.44. The van der Waals surface area contributed by atoms with E-state index in [0.717, 1.165) is 0 Å². The molecule has 0 bridgehead atoms. The van der Waals surface area contributed by atoms with Crippen LogP contribution in [0.15, 0.2) is 84.9 Å². The number of para-hydroxylation sites is 1. The summed E-state index contributed by atoms with van der Waals surface area (Å²) in [6.07, 6.45) is 0. The maximum atomic E-state index is 12.9. The van der Waals surface area contributed by atoms with Crippen molar-refractivity contribution in [2.24, 2.45) is 0 Å². The molecule has 3 aromatic carbocycles. The number of benzene rings is 3. The predicted molar refractivity (Wildman–Crippen MR) is 92.6 cm³/mol. The lowest BCUT2D eigenvalue weighted by atomic mass is 9.85. The summed E-state index contributed by atoms with van der Waals surface area (Å²) in [5.74, 6) is -0.497. The van der Waals surface area contributed by atoms with Crippen LogP contribution in [0.25, 0.3) is 0 Å². The fourth-order valence-corrected chi connectivity index (χ4v) is 2.55. The van der Waals surface area contributed by atoms with Gasteiger partial charge in [0.25, 0.3) is 5.91 Å². The molecule has 0 saturated carbocycles. The standard InChI is InChI=1S/C20H17NO3/c22-18-13-11-16(12-14-18)20(24,15-7-3-1-4-8-15)19(23)21-17-9-5-2-6-10-17/h1-14,22,24H,(H,21,23). The van der Waals surface area contributed by atoms with Crippen LogP contribution in [0.2, 0.25) is 0 Å². The molecule has 0 aliphatic heterocycles. The molecule has 0 radical (unpaired) electrons. The van der Waals surface area contributed by atoms with Gasteiger partial charge in [0.05, 0.1) is 0 Å². The maximum Gasteiger partial charge on any atom is 0.265 e. The largest absolute Gasteiger partial charge is 0.508 e. The van der Waals surface area contributed by atoms with Crippen molar-refractivity contribution in [3.05, 3.63) is 96.1 Å². The van der Waals surface area contributed by atoms with E-state index in [1.165, 1.54) is 24.3 Å². The lowest BCUT2D eigenvalue weighted by Gasteiger charge is -2.28. The van der Waals surface area contributed by atoms with E-state index in [2.05, 4.69) is 5.32 Å². The molecule has 0 saturated heterocycles. The molecule has 120 valence electrons. The van der Waals surface area contributed by atoms with Gasteiger partial charge in [-0.3, -0.25) is 4.79 Å². The number of aliphatic hydroxyl groups is 1. The van der Waals surface area contributed by atoms with Gasteiger partial charge in [-0.1, -0.05) is 60.7 Å². The zero-order valence-corrected chi connectivity index (χ0v) is 12.9. The van der Waals surface area contributed by atoms with Gasteiger partial charge in [0.15, 0.2) is 5.60 Å². The molecule has 0 spiro atoms. The summed E-state index contributed by atoms with van der Waals surface area (Å²) in [6.45, 7) is 0. The summed E-state index contributed by atoms with van der Waals surface area (Å²) in [7, 11) is 0. The average molecular weight is 319 g/mol. The molecule has 1 amide bonds. The van der Waals surface area contributed by atoms with Crippen molar-refractivity contribution in [2.45, 2.75) is 5.60 Å². The molecule has 3 aromatic rings.